The first-order valence-corrected chi connectivity index (χ1v) is 22.8. The topological polar surface area (TPSA) is 39.7 Å². The second kappa shape index (κ2) is 8.60. The van der Waals surface area contributed by atoms with Crippen molar-refractivity contribution in [3.8, 4) is 0 Å². The van der Waals surface area contributed by atoms with E-state index in [0.717, 1.165) is 0 Å². The van der Waals surface area contributed by atoms with E-state index in [-0.39, 0.29) is 5.54 Å². The van der Waals surface area contributed by atoms with Crippen molar-refractivity contribution in [2.45, 2.75) is 84.1 Å². The molecule has 4 nitrogen and oxygen atoms in total. The Morgan fingerprint density at radius 2 is 0.792 bits per heavy atom. The van der Waals surface area contributed by atoms with Crippen molar-refractivity contribution >= 4 is 33.2 Å². The summed E-state index contributed by atoms with van der Waals surface area (Å²) in [4.78, 5) is 3.92. The molecule has 0 aromatic heterocycles. The van der Waals surface area contributed by atoms with Gasteiger partial charge < -0.3 is 18.3 Å². The molecule has 0 spiro atoms. The Labute approximate surface area is 155 Å². The fourth-order valence-corrected chi connectivity index (χ4v) is 6.03. The number of rotatable bonds is 11. The molecule has 0 aromatic carbocycles. The molecule has 0 saturated carbocycles. The summed E-state index contributed by atoms with van der Waals surface area (Å²) < 4.78 is 19.0. The van der Waals surface area contributed by atoms with Crippen LogP contribution >= 0.6 is 0 Å². The van der Waals surface area contributed by atoms with E-state index >= 15 is 0 Å². The summed E-state index contributed by atoms with van der Waals surface area (Å²) in [5.41, 5.74) is -0.245. The highest BCUT2D eigenvalue weighted by Crippen LogP contribution is 2.20. The van der Waals surface area contributed by atoms with Gasteiger partial charge in [0.15, 0.2) is 25.0 Å². The van der Waals surface area contributed by atoms with Crippen LogP contribution in [0.15, 0.2) is 0 Å². The van der Waals surface area contributed by atoms with Crippen molar-refractivity contribution in [1.29, 1.82) is 0 Å². The first kappa shape index (κ1) is 24.7. The third kappa shape index (κ3) is 13.9. The van der Waals surface area contributed by atoms with Gasteiger partial charge in [-0.2, -0.15) is 0 Å². The molecule has 0 aliphatic rings. The first-order valence-electron chi connectivity index (χ1n) is 9.04. The van der Waals surface area contributed by atoms with E-state index in [1.807, 2.05) is 0 Å². The maximum Gasteiger partial charge on any atom is 0.183 e. The van der Waals surface area contributed by atoms with Crippen molar-refractivity contribution in [2.24, 2.45) is 0 Å². The van der Waals surface area contributed by atoms with Gasteiger partial charge in [-0.05, 0) is 58.9 Å². The largest absolute Gasteiger partial charge is 0.416 e. The fourth-order valence-electron chi connectivity index (χ4n) is 2.09. The van der Waals surface area contributed by atoms with E-state index in [1.54, 1.807) is 0 Å². The summed E-state index contributed by atoms with van der Waals surface area (Å²) in [6, 6.07) is 0. The molecule has 0 atom stereocenters. The maximum atomic E-state index is 6.34. The Morgan fingerprint density at radius 1 is 0.542 bits per heavy atom. The Morgan fingerprint density at radius 3 is 0.958 bits per heavy atom. The van der Waals surface area contributed by atoms with Crippen molar-refractivity contribution in [1.82, 2.24) is 4.98 Å². The molecule has 0 rings (SSSR count). The van der Waals surface area contributed by atoms with Gasteiger partial charge in [0.2, 0.25) is 0 Å². The molecule has 0 fully saturated rings. The molecule has 0 aliphatic carbocycles. The molecule has 0 unspecified atom stereocenters. The lowest BCUT2D eigenvalue weighted by atomic mass is 10.1. The average Bonchev–Trinajstić information content (AvgIpc) is 2.26. The van der Waals surface area contributed by atoms with E-state index in [4.69, 9.17) is 13.3 Å². The van der Waals surface area contributed by atoms with Crippen molar-refractivity contribution in [2.75, 3.05) is 19.8 Å². The zero-order valence-corrected chi connectivity index (χ0v) is 22.3. The van der Waals surface area contributed by atoms with E-state index in [1.165, 1.54) is 0 Å². The van der Waals surface area contributed by atoms with Gasteiger partial charge in [-0.15, -0.1) is 0 Å². The molecule has 8 heteroatoms. The van der Waals surface area contributed by atoms with Crippen molar-refractivity contribution < 1.29 is 13.3 Å². The SMILES string of the molecule is C[Si](C)(C)NC(CO[Si](C)(C)C)(CO[Si](C)(C)C)CO[Si](C)(C)C. The van der Waals surface area contributed by atoms with Crippen LogP contribution in [0.3, 0.4) is 0 Å². The molecule has 0 amide bonds. The molecule has 0 aromatic rings. The number of nitrogens with one attached hydrogen (secondary N) is 1. The van der Waals surface area contributed by atoms with E-state index in [2.05, 4.69) is 83.5 Å². The quantitative estimate of drug-likeness (QED) is 0.502. The second-order valence-corrected chi connectivity index (χ2v) is 29.1. The summed E-state index contributed by atoms with van der Waals surface area (Å²) in [5.74, 6) is 0. The normalized spacial score (nSPS) is 15.0. The van der Waals surface area contributed by atoms with Gasteiger partial charge in [-0.1, -0.05) is 19.6 Å². The van der Waals surface area contributed by atoms with E-state index in [0.29, 0.717) is 19.8 Å². The van der Waals surface area contributed by atoms with Crippen LogP contribution in [-0.2, 0) is 13.3 Å². The molecule has 0 heterocycles. The predicted octanol–water partition coefficient (Wildman–Crippen LogP) is 4.70. The van der Waals surface area contributed by atoms with Crippen LogP contribution in [0.4, 0.5) is 0 Å². The van der Waals surface area contributed by atoms with E-state index < -0.39 is 33.2 Å². The molecule has 0 bridgehead atoms. The van der Waals surface area contributed by atoms with Crippen LogP contribution in [0, 0.1) is 0 Å². The zero-order chi connectivity index (χ0) is 19.4. The van der Waals surface area contributed by atoms with E-state index in [9.17, 15) is 0 Å². The highest BCUT2D eigenvalue weighted by atomic mass is 28.4. The summed E-state index contributed by atoms with van der Waals surface area (Å²) in [5, 5.41) is 0. The summed E-state index contributed by atoms with van der Waals surface area (Å²) >= 11 is 0. The van der Waals surface area contributed by atoms with Gasteiger partial charge in [0.1, 0.15) is 8.24 Å². The Kier molecular flexibility index (Phi) is 8.85. The Balaban J connectivity index is 5.44. The first-order chi connectivity index (χ1) is 10.3. The number of hydrogen-bond acceptors (Lipinski definition) is 4. The van der Waals surface area contributed by atoms with Crippen molar-refractivity contribution in [3.05, 3.63) is 0 Å². The van der Waals surface area contributed by atoms with Crippen LogP contribution in [0.25, 0.3) is 0 Å². The van der Waals surface area contributed by atoms with Gasteiger partial charge in [-0.3, -0.25) is 0 Å². The highest BCUT2D eigenvalue weighted by molar-refractivity contribution is 6.74. The molecular formula is C16H43NO3Si4. The average molecular weight is 410 g/mol. The summed E-state index contributed by atoms with van der Waals surface area (Å²) in [6.07, 6.45) is 0. The third-order valence-corrected chi connectivity index (χ3v) is 7.30. The van der Waals surface area contributed by atoms with Crippen LogP contribution < -0.4 is 4.98 Å². The minimum Gasteiger partial charge on any atom is -0.416 e. The molecule has 0 aliphatic heterocycles. The minimum atomic E-state index is -1.61. The molecule has 0 radical (unpaired) electrons. The monoisotopic (exact) mass is 409 g/mol. The minimum absolute atomic E-state index is 0.245. The molecule has 24 heavy (non-hydrogen) atoms. The Bertz CT molecular complexity index is 333. The lowest BCUT2D eigenvalue weighted by Crippen LogP contribution is -2.66. The second-order valence-electron chi connectivity index (χ2n) is 10.9. The van der Waals surface area contributed by atoms with Crippen LogP contribution in [0.5, 0.6) is 0 Å². The molecule has 0 saturated heterocycles. The van der Waals surface area contributed by atoms with Gasteiger partial charge in [0, 0.05) is 0 Å². The summed E-state index contributed by atoms with van der Waals surface area (Å²) in [7, 11) is -6.34. The maximum absolute atomic E-state index is 6.34. The van der Waals surface area contributed by atoms with Crippen LogP contribution in [0.1, 0.15) is 0 Å². The number of hydrogen-bond donors (Lipinski definition) is 1. The molecule has 146 valence electrons. The van der Waals surface area contributed by atoms with Gasteiger partial charge >= 0.3 is 0 Å². The van der Waals surface area contributed by atoms with Crippen LogP contribution in [0.2, 0.25) is 78.6 Å². The zero-order valence-electron chi connectivity index (χ0n) is 18.3. The highest BCUT2D eigenvalue weighted by Gasteiger charge is 2.39. The lowest BCUT2D eigenvalue weighted by Gasteiger charge is -2.43. The van der Waals surface area contributed by atoms with Gasteiger partial charge in [-0.25, -0.2) is 0 Å². The smallest absolute Gasteiger partial charge is 0.183 e. The molecule has 1 N–H and O–H groups in total. The Hall–Kier alpha value is 0.708. The fraction of sp³-hybridized carbons (Fsp3) is 1.00. The summed E-state index contributed by atoms with van der Waals surface area (Å²) in [6.45, 7) is 29.2. The van der Waals surface area contributed by atoms with Gasteiger partial charge in [0.25, 0.3) is 0 Å². The van der Waals surface area contributed by atoms with Crippen molar-refractivity contribution in [3.63, 3.8) is 0 Å². The molecular weight excluding hydrogens is 367 g/mol. The lowest BCUT2D eigenvalue weighted by molar-refractivity contribution is 0.0757. The van der Waals surface area contributed by atoms with Crippen LogP contribution in [-0.4, -0.2) is 58.5 Å². The third-order valence-electron chi connectivity index (χ3n) is 2.98. The standard InChI is InChI=1S/C16H43NO3Si4/c1-21(2,3)17-16(13-18-22(4,5)6,14-19-23(7,8)9)15-20-24(10,11)12/h17H,13-15H2,1-12H3. The van der Waals surface area contributed by atoms with Gasteiger partial charge in [0.05, 0.1) is 25.4 Å². The predicted molar refractivity (Wildman–Crippen MR) is 117 cm³/mol.